The Bertz CT molecular complexity index is 950. The average molecular weight is 435 g/mol. The molecule has 6 heteroatoms. The van der Waals surface area contributed by atoms with Gasteiger partial charge in [-0.15, -0.1) is 0 Å². The molecule has 0 unspecified atom stereocenters. The standard InChI is InChI=1S/C26H30N2O4/c1-3-17-32-23-13-11-21(19-24(23)31-2)12-14-25(29)27-22(18-20-9-5-4-6-10-20)26(30)28-15-7-8-16-28/h3-6,9-14,19,22H,1,7-8,15-18H2,2H3,(H,27,29)/b14-12-/t22-/m1/s1. The topological polar surface area (TPSA) is 67.9 Å². The predicted molar refractivity (Wildman–Crippen MR) is 126 cm³/mol. The van der Waals surface area contributed by atoms with Crippen molar-refractivity contribution >= 4 is 17.9 Å². The third kappa shape index (κ3) is 6.48. The van der Waals surface area contributed by atoms with Crippen molar-refractivity contribution in [1.29, 1.82) is 0 Å². The summed E-state index contributed by atoms with van der Waals surface area (Å²) < 4.78 is 10.9. The van der Waals surface area contributed by atoms with E-state index in [-0.39, 0.29) is 11.8 Å². The zero-order chi connectivity index (χ0) is 22.8. The lowest BCUT2D eigenvalue weighted by molar-refractivity contribution is -0.134. The van der Waals surface area contributed by atoms with Crippen LogP contribution in [0.5, 0.6) is 11.5 Å². The summed E-state index contributed by atoms with van der Waals surface area (Å²) >= 11 is 0. The van der Waals surface area contributed by atoms with Crippen LogP contribution in [0.25, 0.3) is 6.08 Å². The number of hydrogen-bond donors (Lipinski definition) is 1. The van der Waals surface area contributed by atoms with Crippen molar-refractivity contribution in [1.82, 2.24) is 10.2 Å². The molecule has 1 aliphatic rings. The summed E-state index contributed by atoms with van der Waals surface area (Å²) in [5, 5.41) is 2.90. The highest BCUT2D eigenvalue weighted by molar-refractivity contribution is 5.95. The molecule has 1 heterocycles. The molecular weight excluding hydrogens is 404 g/mol. The van der Waals surface area contributed by atoms with Crippen LogP contribution in [0.2, 0.25) is 0 Å². The highest BCUT2D eigenvalue weighted by Gasteiger charge is 2.27. The summed E-state index contributed by atoms with van der Waals surface area (Å²) in [5.41, 5.74) is 1.79. The van der Waals surface area contributed by atoms with Crippen molar-refractivity contribution in [2.24, 2.45) is 0 Å². The fourth-order valence-corrected chi connectivity index (χ4v) is 3.66. The molecular formula is C26H30N2O4. The first-order valence-corrected chi connectivity index (χ1v) is 10.8. The fourth-order valence-electron chi connectivity index (χ4n) is 3.66. The normalized spacial score (nSPS) is 14.2. The second-order valence-corrected chi connectivity index (χ2v) is 7.63. The van der Waals surface area contributed by atoms with E-state index in [4.69, 9.17) is 9.47 Å². The van der Waals surface area contributed by atoms with Crippen LogP contribution in [-0.2, 0) is 16.0 Å². The zero-order valence-corrected chi connectivity index (χ0v) is 18.5. The molecule has 2 aromatic carbocycles. The summed E-state index contributed by atoms with van der Waals surface area (Å²) in [7, 11) is 1.56. The molecule has 1 aliphatic heterocycles. The van der Waals surface area contributed by atoms with E-state index in [0.29, 0.717) is 24.5 Å². The number of nitrogens with one attached hydrogen (secondary N) is 1. The molecule has 0 saturated carbocycles. The lowest BCUT2D eigenvalue weighted by atomic mass is 10.0. The Morgan fingerprint density at radius 3 is 2.56 bits per heavy atom. The van der Waals surface area contributed by atoms with Crippen LogP contribution in [0.1, 0.15) is 24.0 Å². The summed E-state index contributed by atoms with van der Waals surface area (Å²) in [6, 6.07) is 14.5. The van der Waals surface area contributed by atoms with Crippen molar-refractivity contribution in [3.05, 3.63) is 78.4 Å². The van der Waals surface area contributed by atoms with Crippen molar-refractivity contribution in [3.8, 4) is 11.5 Å². The van der Waals surface area contributed by atoms with Gasteiger partial charge in [0, 0.05) is 25.6 Å². The fraction of sp³-hybridized carbons (Fsp3) is 0.308. The monoisotopic (exact) mass is 434 g/mol. The number of likely N-dealkylation sites (tertiary alicyclic amines) is 1. The lowest BCUT2D eigenvalue weighted by Crippen LogP contribution is -2.48. The molecule has 0 bridgehead atoms. The number of carbonyl (C=O) groups is 2. The quantitative estimate of drug-likeness (QED) is 0.458. The molecule has 3 rings (SSSR count). The zero-order valence-electron chi connectivity index (χ0n) is 18.5. The van der Waals surface area contributed by atoms with E-state index < -0.39 is 6.04 Å². The minimum atomic E-state index is -0.600. The molecule has 0 radical (unpaired) electrons. The first kappa shape index (κ1) is 23.1. The molecule has 2 aromatic rings. The number of hydrogen-bond acceptors (Lipinski definition) is 4. The third-order valence-corrected chi connectivity index (χ3v) is 5.29. The van der Waals surface area contributed by atoms with Gasteiger partial charge >= 0.3 is 0 Å². The Labute approximate surface area is 189 Å². The predicted octanol–water partition coefficient (Wildman–Crippen LogP) is 3.62. The Morgan fingerprint density at radius 2 is 1.88 bits per heavy atom. The molecule has 0 aliphatic carbocycles. The SMILES string of the molecule is C=CCOc1ccc(/C=C\C(=O)N[C@H](Cc2ccccc2)C(=O)N2CCCC2)cc1OC. The molecule has 1 N–H and O–H groups in total. The molecule has 2 amide bonds. The number of ether oxygens (including phenoxy) is 2. The number of methoxy groups -OCH3 is 1. The van der Waals surface area contributed by atoms with E-state index in [1.165, 1.54) is 6.08 Å². The van der Waals surface area contributed by atoms with Gasteiger partial charge in [-0.25, -0.2) is 0 Å². The molecule has 6 nitrogen and oxygen atoms in total. The maximum Gasteiger partial charge on any atom is 0.245 e. The van der Waals surface area contributed by atoms with Gasteiger partial charge in [0.15, 0.2) is 11.5 Å². The van der Waals surface area contributed by atoms with Gasteiger partial charge in [0.25, 0.3) is 0 Å². The van der Waals surface area contributed by atoms with E-state index >= 15 is 0 Å². The minimum absolute atomic E-state index is 0.0292. The number of benzene rings is 2. The van der Waals surface area contributed by atoms with Crippen molar-refractivity contribution in [3.63, 3.8) is 0 Å². The summed E-state index contributed by atoms with van der Waals surface area (Å²) in [5.74, 6) is 0.830. The van der Waals surface area contributed by atoms with Gasteiger partial charge in [0.2, 0.25) is 11.8 Å². The first-order valence-electron chi connectivity index (χ1n) is 10.8. The number of carbonyl (C=O) groups excluding carboxylic acids is 2. The first-order chi connectivity index (χ1) is 15.6. The summed E-state index contributed by atoms with van der Waals surface area (Å²) in [6.07, 6.45) is 7.26. The Balaban J connectivity index is 1.69. The largest absolute Gasteiger partial charge is 0.493 e. The molecule has 168 valence electrons. The number of amides is 2. The highest BCUT2D eigenvalue weighted by atomic mass is 16.5. The minimum Gasteiger partial charge on any atom is -0.493 e. The van der Waals surface area contributed by atoms with E-state index in [2.05, 4.69) is 11.9 Å². The van der Waals surface area contributed by atoms with Gasteiger partial charge < -0.3 is 19.7 Å². The van der Waals surface area contributed by atoms with Crippen LogP contribution < -0.4 is 14.8 Å². The highest BCUT2D eigenvalue weighted by Crippen LogP contribution is 2.28. The van der Waals surface area contributed by atoms with Gasteiger partial charge in [-0.1, -0.05) is 49.1 Å². The third-order valence-electron chi connectivity index (χ3n) is 5.29. The Morgan fingerprint density at radius 1 is 1.12 bits per heavy atom. The molecule has 1 saturated heterocycles. The van der Waals surface area contributed by atoms with Gasteiger partial charge in [-0.05, 0) is 42.2 Å². The van der Waals surface area contributed by atoms with Crippen LogP contribution in [0, 0.1) is 0 Å². The maximum absolute atomic E-state index is 13.0. The Kier molecular flexibility index (Phi) is 8.49. The van der Waals surface area contributed by atoms with Gasteiger partial charge in [-0.3, -0.25) is 9.59 Å². The van der Waals surface area contributed by atoms with Crippen LogP contribution in [0.4, 0.5) is 0 Å². The van der Waals surface area contributed by atoms with Crippen molar-refractivity contribution in [2.45, 2.75) is 25.3 Å². The molecule has 32 heavy (non-hydrogen) atoms. The van der Waals surface area contributed by atoms with Crippen molar-refractivity contribution < 1.29 is 19.1 Å². The van der Waals surface area contributed by atoms with E-state index in [1.54, 1.807) is 31.4 Å². The summed E-state index contributed by atoms with van der Waals surface area (Å²) in [4.78, 5) is 27.5. The molecule has 1 atom stereocenters. The van der Waals surface area contributed by atoms with Crippen LogP contribution >= 0.6 is 0 Å². The van der Waals surface area contributed by atoms with Crippen LogP contribution in [-0.4, -0.2) is 49.6 Å². The van der Waals surface area contributed by atoms with Crippen LogP contribution in [0.3, 0.4) is 0 Å². The molecule has 0 aromatic heterocycles. The second kappa shape index (κ2) is 11.7. The number of nitrogens with zero attached hydrogens (tertiary/aromatic N) is 1. The smallest absolute Gasteiger partial charge is 0.245 e. The van der Waals surface area contributed by atoms with Crippen molar-refractivity contribution in [2.75, 3.05) is 26.8 Å². The van der Waals surface area contributed by atoms with Gasteiger partial charge in [0.1, 0.15) is 12.6 Å². The van der Waals surface area contributed by atoms with Crippen LogP contribution in [0.15, 0.2) is 67.3 Å². The van der Waals surface area contributed by atoms with E-state index in [0.717, 1.165) is 37.1 Å². The number of rotatable bonds is 10. The van der Waals surface area contributed by atoms with Gasteiger partial charge in [-0.2, -0.15) is 0 Å². The average Bonchev–Trinajstić information content (AvgIpc) is 3.36. The molecule has 1 fully saturated rings. The summed E-state index contributed by atoms with van der Waals surface area (Å²) in [6.45, 7) is 5.51. The van der Waals surface area contributed by atoms with E-state index in [1.807, 2.05) is 41.3 Å². The second-order valence-electron chi connectivity index (χ2n) is 7.63. The Hall–Kier alpha value is -3.54. The molecule has 0 spiro atoms. The maximum atomic E-state index is 13.0. The van der Waals surface area contributed by atoms with E-state index in [9.17, 15) is 9.59 Å². The van der Waals surface area contributed by atoms with Gasteiger partial charge in [0.05, 0.1) is 7.11 Å². The lowest BCUT2D eigenvalue weighted by Gasteiger charge is -2.23.